The zero-order valence-corrected chi connectivity index (χ0v) is 33.9. The van der Waals surface area contributed by atoms with Gasteiger partial charge in [0.2, 0.25) is 0 Å². The molecule has 0 atom stereocenters. The lowest BCUT2D eigenvalue weighted by atomic mass is 9.72. The fourth-order valence-electron chi connectivity index (χ4n) is 9.38. The number of nitrogens with zero attached hydrogens (tertiary/aromatic N) is 4. The van der Waals surface area contributed by atoms with Crippen molar-refractivity contribution in [3.05, 3.63) is 204 Å². The smallest absolute Gasteiger partial charge is 0.143 e. The first-order chi connectivity index (χ1) is 31.6. The van der Waals surface area contributed by atoms with Crippen LogP contribution in [0.25, 0.3) is 111 Å². The number of nitriles is 4. The van der Waals surface area contributed by atoms with Crippen LogP contribution in [0, 0.1) is 45.3 Å². The van der Waals surface area contributed by atoms with Crippen molar-refractivity contribution in [2.75, 3.05) is 0 Å². The molecular weight excluding hydrogens is 785 g/mol. The molecule has 0 N–H and O–H groups in total. The summed E-state index contributed by atoms with van der Waals surface area (Å²) in [6.07, 6.45) is 0. The molecule has 0 unspecified atom stereocenters. The van der Waals surface area contributed by atoms with Gasteiger partial charge in [-0.15, -0.1) is 0 Å². The van der Waals surface area contributed by atoms with Gasteiger partial charge in [-0.3, -0.25) is 0 Å². The summed E-state index contributed by atoms with van der Waals surface area (Å²) in [7, 11) is 0. The number of furan rings is 2. The molecule has 294 valence electrons. The van der Waals surface area contributed by atoms with Crippen LogP contribution in [0.3, 0.4) is 0 Å². The van der Waals surface area contributed by atoms with Crippen LogP contribution in [0.1, 0.15) is 22.3 Å². The van der Waals surface area contributed by atoms with E-state index in [0.717, 1.165) is 43.8 Å². The lowest BCUT2D eigenvalue weighted by molar-refractivity contribution is 0.669. The molecule has 0 aliphatic carbocycles. The number of para-hydroxylation sites is 4. The van der Waals surface area contributed by atoms with E-state index in [1.807, 2.05) is 158 Å². The van der Waals surface area contributed by atoms with Crippen LogP contribution in [0.5, 0.6) is 0 Å². The van der Waals surface area contributed by atoms with Crippen molar-refractivity contribution in [3.63, 3.8) is 0 Å². The quantitative estimate of drug-likeness (QED) is 0.165. The van der Waals surface area contributed by atoms with Crippen molar-refractivity contribution in [2.24, 2.45) is 0 Å². The van der Waals surface area contributed by atoms with E-state index < -0.39 is 0 Å². The Hall–Kier alpha value is -9.46. The third kappa shape index (κ3) is 5.84. The maximum atomic E-state index is 11.0. The summed E-state index contributed by atoms with van der Waals surface area (Å²) >= 11 is 0. The Kier molecular flexibility index (Phi) is 8.93. The van der Waals surface area contributed by atoms with Crippen molar-refractivity contribution in [1.82, 2.24) is 0 Å². The molecule has 0 fully saturated rings. The van der Waals surface area contributed by atoms with Crippen molar-refractivity contribution in [3.8, 4) is 91.0 Å². The van der Waals surface area contributed by atoms with Crippen LogP contribution in [0.2, 0.25) is 0 Å². The van der Waals surface area contributed by atoms with E-state index in [9.17, 15) is 21.0 Å². The number of rotatable bonds is 6. The van der Waals surface area contributed by atoms with Gasteiger partial charge in [0.1, 0.15) is 22.3 Å². The van der Waals surface area contributed by atoms with Crippen molar-refractivity contribution >= 4 is 43.9 Å². The highest BCUT2D eigenvalue weighted by Crippen LogP contribution is 2.58. The van der Waals surface area contributed by atoms with Crippen LogP contribution >= 0.6 is 0 Å². The lowest BCUT2D eigenvalue weighted by Gasteiger charge is -2.29. The monoisotopic (exact) mass is 814 g/mol. The van der Waals surface area contributed by atoms with Crippen molar-refractivity contribution in [2.45, 2.75) is 0 Å². The van der Waals surface area contributed by atoms with Gasteiger partial charge in [0.15, 0.2) is 0 Å². The minimum atomic E-state index is 0.417. The average Bonchev–Trinajstić information content (AvgIpc) is 3.94. The molecule has 2 heterocycles. The van der Waals surface area contributed by atoms with E-state index in [1.54, 1.807) is 24.3 Å². The summed E-state index contributed by atoms with van der Waals surface area (Å²) in [4.78, 5) is 0. The molecule has 11 rings (SSSR count). The lowest BCUT2D eigenvalue weighted by Crippen LogP contribution is -2.04. The number of hydrogen-bond donors (Lipinski definition) is 0. The first-order valence-electron chi connectivity index (χ1n) is 20.7. The first kappa shape index (κ1) is 37.5. The summed E-state index contributed by atoms with van der Waals surface area (Å²) in [5.74, 6) is 0. The molecule has 0 radical (unpaired) electrons. The summed E-state index contributed by atoms with van der Waals surface area (Å²) in [5, 5.41) is 46.6. The Morgan fingerprint density at radius 3 is 1.09 bits per heavy atom. The molecule has 6 heteroatoms. The Balaban J connectivity index is 1.51. The summed E-state index contributed by atoms with van der Waals surface area (Å²) in [5.41, 5.74) is 12.8. The molecule has 0 saturated carbocycles. The third-order valence-corrected chi connectivity index (χ3v) is 12.0. The molecule has 64 heavy (non-hydrogen) atoms. The van der Waals surface area contributed by atoms with Gasteiger partial charge in [0.05, 0.1) is 46.5 Å². The van der Waals surface area contributed by atoms with Gasteiger partial charge >= 0.3 is 0 Å². The Morgan fingerprint density at radius 1 is 0.297 bits per heavy atom. The largest absolute Gasteiger partial charge is 0.455 e. The minimum Gasteiger partial charge on any atom is -0.455 e. The van der Waals surface area contributed by atoms with Crippen LogP contribution in [0.4, 0.5) is 0 Å². The minimum absolute atomic E-state index is 0.417. The van der Waals surface area contributed by atoms with Gasteiger partial charge in [-0.05, 0) is 70.8 Å². The number of fused-ring (bicyclic) bond motifs is 6. The average molecular weight is 815 g/mol. The fraction of sp³-hybridized carbons (Fsp3) is 0. The zero-order chi connectivity index (χ0) is 43.3. The maximum absolute atomic E-state index is 11.0. The molecule has 0 spiro atoms. The molecule has 9 aromatic carbocycles. The van der Waals surface area contributed by atoms with Gasteiger partial charge in [0, 0.05) is 66.1 Å². The third-order valence-electron chi connectivity index (χ3n) is 12.0. The van der Waals surface area contributed by atoms with E-state index in [0.29, 0.717) is 89.1 Å². The molecule has 11 aromatic rings. The SMILES string of the molecule is N#Cc1cccc(-c2c(-c3cccc(C#N)c3)c(-c3cccc4c3oc3ccccc34)c(-c3ccccc3C#N)c(-c3ccccc3C#N)c2-c2cccc3c2oc2ccccc23)c1. The summed E-state index contributed by atoms with van der Waals surface area (Å²) < 4.78 is 13.7. The molecule has 0 aliphatic rings. The van der Waals surface area contributed by atoms with Crippen LogP contribution in [-0.2, 0) is 0 Å². The molecule has 6 nitrogen and oxygen atoms in total. The molecule has 0 bridgehead atoms. The molecule has 0 amide bonds. The van der Waals surface area contributed by atoms with Crippen molar-refractivity contribution < 1.29 is 8.83 Å². The standard InChI is InChI=1S/C58H30N4O2/c59-31-35-13-9-17-37(29-35)51-52(38-18-10-14-36(30-38)32-60)56(48-26-12-24-46-44-22-6-8-28-50(44)64-58(46)48)54(42-20-4-2-16-40(42)34-62)53(41-19-3-1-15-39(41)33-61)55(51)47-25-11-23-45-43-21-5-7-27-49(43)63-57(45)47/h1-30H. The molecule has 0 aliphatic heterocycles. The second-order valence-electron chi connectivity index (χ2n) is 15.5. The second kappa shape index (κ2) is 15.2. The van der Waals surface area contributed by atoms with Crippen LogP contribution in [-0.4, -0.2) is 0 Å². The maximum Gasteiger partial charge on any atom is 0.143 e. The summed E-state index contributed by atoms with van der Waals surface area (Å²) in [6, 6.07) is 67.8. The Labute approximate surface area is 367 Å². The molecule has 2 aromatic heterocycles. The fourth-order valence-corrected chi connectivity index (χ4v) is 9.38. The highest BCUT2D eigenvalue weighted by atomic mass is 16.3. The van der Waals surface area contributed by atoms with Gasteiger partial charge in [-0.1, -0.05) is 133 Å². The number of benzene rings is 9. The normalized spacial score (nSPS) is 11.1. The predicted octanol–water partition coefficient (Wildman–Crippen LogP) is 15.0. The van der Waals surface area contributed by atoms with E-state index >= 15 is 0 Å². The first-order valence-corrected chi connectivity index (χ1v) is 20.7. The van der Waals surface area contributed by atoms with E-state index in [4.69, 9.17) is 8.83 Å². The van der Waals surface area contributed by atoms with Gasteiger partial charge in [-0.2, -0.15) is 21.0 Å². The van der Waals surface area contributed by atoms with Crippen LogP contribution < -0.4 is 0 Å². The van der Waals surface area contributed by atoms with E-state index in [-0.39, 0.29) is 0 Å². The molecule has 0 saturated heterocycles. The second-order valence-corrected chi connectivity index (χ2v) is 15.5. The van der Waals surface area contributed by atoms with Gasteiger partial charge in [0.25, 0.3) is 0 Å². The topological polar surface area (TPSA) is 121 Å². The zero-order valence-electron chi connectivity index (χ0n) is 33.9. The van der Waals surface area contributed by atoms with Gasteiger partial charge in [-0.25, -0.2) is 0 Å². The van der Waals surface area contributed by atoms with E-state index in [2.05, 4.69) is 24.3 Å². The Bertz CT molecular complexity index is 3660. The van der Waals surface area contributed by atoms with Crippen molar-refractivity contribution in [1.29, 1.82) is 21.0 Å². The highest BCUT2D eigenvalue weighted by molar-refractivity contribution is 6.22. The van der Waals surface area contributed by atoms with Crippen LogP contribution in [0.15, 0.2) is 191 Å². The van der Waals surface area contributed by atoms with Gasteiger partial charge < -0.3 is 8.83 Å². The molecular formula is C58H30N4O2. The number of hydrogen-bond acceptors (Lipinski definition) is 6. The summed E-state index contributed by atoms with van der Waals surface area (Å²) in [6.45, 7) is 0. The highest BCUT2D eigenvalue weighted by Gasteiger charge is 2.33. The van der Waals surface area contributed by atoms with E-state index in [1.165, 1.54) is 0 Å². The predicted molar refractivity (Wildman–Crippen MR) is 252 cm³/mol. The Morgan fingerprint density at radius 2 is 0.656 bits per heavy atom.